The molecular formula is C25H20FN3O4. The van der Waals surface area contributed by atoms with Gasteiger partial charge in [-0.15, -0.1) is 0 Å². The van der Waals surface area contributed by atoms with Crippen LogP contribution in [0.1, 0.15) is 21.6 Å². The zero-order valence-corrected chi connectivity index (χ0v) is 18.0. The molecule has 166 valence electrons. The van der Waals surface area contributed by atoms with Crippen molar-refractivity contribution in [3.8, 4) is 5.75 Å². The predicted molar refractivity (Wildman–Crippen MR) is 122 cm³/mol. The maximum atomic E-state index is 13.3. The molecule has 0 saturated carbocycles. The maximum Gasteiger partial charge on any atom is 0.244 e. The molecule has 2 aromatic carbocycles. The van der Waals surface area contributed by atoms with Crippen LogP contribution in [0.2, 0.25) is 0 Å². The lowest BCUT2D eigenvalue weighted by molar-refractivity contribution is -0.116. The lowest BCUT2D eigenvalue weighted by Crippen LogP contribution is -2.25. The van der Waals surface area contributed by atoms with Crippen molar-refractivity contribution in [2.75, 3.05) is 12.4 Å². The molecule has 0 bridgehead atoms. The zero-order valence-electron chi connectivity index (χ0n) is 18.0. The number of para-hydroxylation sites is 2. The molecule has 0 atom stereocenters. The lowest BCUT2D eigenvalue weighted by Gasteiger charge is -2.14. The summed E-state index contributed by atoms with van der Waals surface area (Å²) in [5.74, 6) is -0.957. The summed E-state index contributed by atoms with van der Waals surface area (Å²) < 4.78 is 20.0. The van der Waals surface area contributed by atoms with Gasteiger partial charge in [-0.2, -0.15) is 0 Å². The molecule has 0 saturated heterocycles. The number of hydrogen-bond donors (Lipinski definition) is 1. The Hall–Kier alpha value is -4.33. The van der Waals surface area contributed by atoms with E-state index in [0.717, 1.165) is 12.1 Å². The number of methoxy groups -OCH3 is 1. The number of nitrogens with zero attached hydrogens (tertiary/aromatic N) is 2. The fourth-order valence-electron chi connectivity index (χ4n) is 3.49. The van der Waals surface area contributed by atoms with Gasteiger partial charge in [0, 0.05) is 17.5 Å². The fraction of sp³-hybridized carbons (Fsp3) is 0.120. The van der Waals surface area contributed by atoms with Crippen LogP contribution in [0.4, 0.5) is 10.1 Å². The second-order valence-electron chi connectivity index (χ2n) is 7.41. The van der Waals surface area contributed by atoms with Crippen molar-refractivity contribution in [3.05, 3.63) is 99.7 Å². The van der Waals surface area contributed by atoms with Crippen molar-refractivity contribution in [1.29, 1.82) is 0 Å². The summed E-state index contributed by atoms with van der Waals surface area (Å²) in [6.07, 6.45) is 1.32. The second-order valence-corrected chi connectivity index (χ2v) is 7.41. The molecule has 2 heterocycles. The zero-order chi connectivity index (χ0) is 23.5. The molecule has 0 aliphatic heterocycles. The number of nitrogens with one attached hydrogen (secondary N) is 1. The number of hydrogen-bond acceptors (Lipinski definition) is 5. The molecule has 0 unspecified atom stereocenters. The first kappa shape index (κ1) is 21.9. The van der Waals surface area contributed by atoms with Gasteiger partial charge < -0.3 is 14.6 Å². The number of aryl methyl sites for hydroxylation is 1. The van der Waals surface area contributed by atoms with Crippen LogP contribution in [-0.2, 0) is 11.3 Å². The Bertz CT molecular complexity index is 1430. The summed E-state index contributed by atoms with van der Waals surface area (Å²) in [7, 11) is 1.50. The van der Waals surface area contributed by atoms with E-state index in [-0.39, 0.29) is 28.7 Å². The third-order valence-corrected chi connectivity index (χ3v) is 5.11. The minimum Gasteiger partial charge on any atom is -0.495 e. The number of anilines is 1. The largest absolute Gasteiger partial charge is 0.495 e. The summed E-state index contributed by atoms with van der Waals surface area (Å²) in [6.45, 7) is 1.57. The number of halogens is 1. The molecule has 8 heteroatoms. The van der Waals surface area contributed by atoms with Gasteiger partial charge in [0.2, 0.25) is 11.3 Å². The van der Waals surface area contributed by atoms with Gasteiger partial charge >= 0.3 is 0 Å². The van der Waals surface area contributed by atoms with Crippen LogP contribution in [0.3, 0.4) is 0 Å². The summed E-state index contributed by atoms with van der Waals surface area (Å²) in [5.41, 5.74) is 0.947. The second kappa shape index (κ2) is 9.04. The van der Waals surface area contributed by atoms with Crippen LogP contribution < -0.4 is 15.5 Å². The van der Waals surface area contributed by atoms with Gasteiger partial charge in [0.05, 0.1) is 23.7 Å². The Kier molecular flexibility index (Phi) is 5.99. The number of aromatic nitrogens is 2. The number of ether oxygens (including phenoxy) is 1. The molecule has 0 spiro atoms. The summed E-state index contributed by atoms with van der Waals surface area (Å²) in [4.78, 5) is 43.3. The standard InChI is InChI=1S/C25H20FN3O4/c1-15-7-12-18-24(32)19(23(31)16-8-10-17(26)11-9-16)13-29(25(18)27-15)14-22(30)28-20-5-3-4-6-21(20)33-2/h3-13H,14H2,1-2H3,(H,28,30). The first-order valence-corrected chi connectivity index (χ1v) is 10.1. The highest BCUT2D eigenvalue weighted by Crippen LogP contribution is 2.23. The first-order valence-electron chi connectivity index (χ1n) is 10.1. The van der Waals surface area contributed by atoms with E-state index in [1.165, 1.54) is 30.0 Å². The highest BCUT2D eigenvalue weighted by molar-refractivity contribution is 6.10. The van der Waals surface area contributed by atoms with Crippen LogP contribution in [-0.4, -0.2) is 28.4 Å². The van der Waals surface area contributed by atoms with Crippen LogP contribution >= 0.6 is 0 Å². The Morgan fingerprint density at radius 1 is 1.06 bits per heavy atom. The van der Waals surface area contributed by atoms with E-state index in [1.807, 2.05) is 0 Å². The highest BCUT2D eigenvalue weighted by Gasteiger charge is 2.19. The van der Waals surface area contributed by atoms with E-state index in [4.69, 9.17) is 4.74 Å². The third-order valence-electron chi connectivity index (χ3n) is 5.11. The number of carbonyl (C=O) groups excluding carboxylic acids is 2. The van der Waals surface area contributed by atoms with E-state index >= 15 is 0 Å². The van der Waals surface area contributed by atoms with Crippen LogP contribution in [0, 0.1) is 12.7 Å². The maximum absolute atomic E-state index is 13.3. The van der Waals surface area contributed by atoms with E-state index in [9.17, 15) is 18.8 Å². The number of pyridine rings is 2. The number of fused-ring (bicyclic) bond motifs is 1. The molecule has 2 aromatic heterocycles. The van der Waals surface area contributed by atoms with Crippen molar-refractivity contribution in [2.24, 2.45) is 0 Å². The van der Waals surface area contributed by atoms with Gasteiger partial charge in [0.25, 0.3) is 0 Å². The number of carbonyl (C=O) groups is 2. The third kappa shape index (κ3) is 4.50. The Labute approximate surface area is 188 Å². The molecule has 0 fully saturated rings. The summed E-state index contributed by atoms with van der Waals surface area (Å²) in [5, 5.41) is 2.98. The Morgan fingerprint density at radius 2 is 1.79 bits per heavy atom. The van der Waals surface area contributed by atoms with Crippen LogP contribution in [0.5, 0.6) is 5.75 Å². The summed E-state index contributed by atoms with van der Waals surface area (Å²) >= 11 is 0. The van der Waals surface area contributed by atoms with Crippen molar-refractivity contribution < 1.29 is 18.7 Å². The van der Waals surface area contributed by atoms with Gasteiger partial charge in [-0.1, -0.05) is 12.1 Å². The normalized spacial score (nSPS) is 10.8. The lowest BCUT2D eigenvalue weighted by atomic mass is 10.0. The van der Waals surface area contributed by atoms with Crippen LogP contribution in [0.15, 0.2) is 71.7 Å². The Morgan fingerprint density at radius 3 is 2.52 bits per heavy atom. The van der Waals surface area contributed by atoms with E-state index in [2.05, 4.69) is 10.3 Å². The smallest absolute Gasteiger partial charge is 0.244 e. The fourth-order valence-corrected chi connectivity index (χ4v) is 3.49. The molecular weight excluding hydrogens is 425 g/mol. The molecule has 1 amide bonds. The average molecular weight is 445 g/mol. The highest BCUT2D eigenvalue weighted by atomic mass is 19.1. The Balaban J connectivity index is 1.76. The minimum absolute atomic E-state index is 0.134. The van der Waals surface area contributed by atoms with Gasteiger partial charge in [-0.3, -0.25) is 14.4 Å². The monoisotopic (exact) mass is 445 g/mol. The molecule has 0 aliphatic rings. The molecule has 7 nitrogen and oxygen atoms in total. The van der Waals surface area contributed by atoms with E-state index in [0.29, 0.717) is 17.1 Å². The first-order chi connectivity index (χ1) is 15.9. The van der Waals surface area contributed by atoms with Crippen LogP contribution in [0.25, 0.3) is 11.0 Å². The predicted octanol–water partition coefficient (Wildman–Crippen LogP) is 3.72. The number of ketones is 1. The van der Waals surface area contributed by atoms with Crippen molar-refractivity contribution in [3.63, 3.8) is 0 Å². The molecule has 33 heavy (non-hydrogen) atoms. The molecule has 4 aromatic rings. The number of amides is 1. The molecule has 4 rings (SSSR count). The quantitative estimate of drug-likeness (QED) is 0.457. The molecule has 0 aliphatic carbocycles. The van der Waals surface area contributed by atoms with E-state index in [1.54, 1.807) is 43.3 Å². The van der Waals surface area contributed by atoms with Crippen molar-refractivity contribution >= 4 is 28.4 Å². The van der Waals surface area contributed by atoms with Crippen molar-refractivity contribution in [2.45, 2.75) is 13.5 Å². The number of rotatable bonds is 6. The SMILES string of the molecule is COc1ccccc1NC(=O)Cn1cc(C(=O)c2ccc(F)cc2)c(=O)c2ccc(C)nc21. The topological polar surface area (TPSA) is 90.3 Å². The van der Waals surface area contributed by atoms with Crippen molar-refractivity contribution in [1.82, 2.24) is 9.55 Å². The van der Waals surface area contributed by atoms with E-state index < -0.39 is 22.9 Å². The molecule has 1 N–H and O–H groups in total. The molecule has 0 radical (unpaired) electrons. The van der Waals surface area contributed by atoms with Gasteiger partial charge in [-0.05, 0) is 55.5 Å². The minimum atomic E-state index is -0.568. The van der Waals surface area contributed by atoms with Gasteiger partial charge in [0.1, 0.15) is 23.8 Å². The number of benzene rings is 2. The summed E-state index contributed by atoms with van der Waals surface area (Å²) in [6, 6.07) is 15.1. The average Bonchev–Trinajstić information content (AvgIpc) is 2.81. The van der Waals surface area contributed by atoms with Gasteiger partial charge in [0.15, 0.2) is 5.78 Å². The van der Waals surface area contributed by atoms with Gasteiger partial charge in [-0.25, -0.2) is 9.37 Å².